The maximum Gasteiger partial charge on any atom is 0.221 e. The van der Waals surface area contributed by atoms with Crippen molar-refractivity contribution >= 4 is 5.91 Å². The minimum absolute atomic E-state index is 0.0504. The van der Waals surface area contributed by atoms with Crippen LogP contribution in [0, 0.1) is 5.92 Å². The average Bonchev–Trinajstić information content (AvgIpc) is 3.02. The van der Waals surface area contributed by atoms with Crippen LogP contribution in [-0.4, -0.2) is 66.2 Å². The number of piperidine rings is 1. The van der Waals surface area contributed by atoms with Crippen molar-refractivity contribution in [1.82, 2.24) is 15.1 Å². The summed E-state index contributed by atoms with van der Waals surface area (Å²) in [5.41, 5.74) is 5.25. The van der Waals surface area contributed by atoms with Crippen LogP contribution in [0.5, 0.6) is 11.5 Å². The summed E-state index contributed by atoms with van der Waals surface area (Å²) in [6, 6.07) is 25.5. The number of nitrogens with one attached hydrogen (secondary N) is 1. The van der Waals surface area contributed by atoms with Gasteiger partial charge in [-0.3, -0.25) is 14.6 Å². The number of fused-ring (bicyclic) bond motifs is 3. The molecule has 6 heteroatoms. The predicted octanol–water partition coefficient (Wildman–Crippen LogP) is 5.71. The van der Waals surface area contributed by atoms with Gasteiger partial charge in [0.15, 0.2) is 0 Å². The molecule has 6 rings (SSSR count). The van der Waals surface area contributed by atoms with Crippen LogP contribution in [0.4, 0.5) is 0 Å². The van der Waals surface area contributed by atoms with E-state index in [1.54, 1.807) is 13.2 Å². The number of phenolic OH excluding ortho intramolecular Hbond substituents is 1. The molecule has 2 N–H and O–H groups in total. The zero-order chi connectivity index (χ0) is 29.8. The number of benzene rings is 3. The first-order valence-electron chi connectivity index (χ1n) is 16.2. The number of likely N-dealkylation sites (tertiary alicyclic amines) is 1. The molecule has 1 saturated carbocycles. The Kier molecular flexibility index (Phi) is 9.06. The fraction of sp³-hybridized carbons (Fsp3) is 0.486. The summed E-state index contributed by atoms with van der Waals surface area (Å²) < 4.78 is 5.43. The topological polar surface area (TPSA) is 65.0 Å². The summed E-state index contributed by atoms with van der Waals surface area (Å²) in [5, 5.41) is 13.9. The third-order valence-electron chi connectivity index (χ3n) is 10.4. The highest BCUT2D eigenvalue weighted by atomic mass is 16.5. The van der Waals surface area contributed by atoms with Gasteiger partial charge in [0.2, 0.25) is 5.91 Å². The molecule has 0 aromatic heterocycles. The summed E-state index contributed by atoms with van der Waals surface area (Å²) in [6.07, 6.45) is 6.73. The van der Waals surface area contributed by atoms with Crippen molar-refractivity contribution in [2.75, 3.05) is 33.3 Å². The Labute approximate surface area is 257 Å². The summed E-state index contributed by atoms with van der Waals surface area (Å²) in [4.78, 5) is 18.5. The number of rotatable bonds is 10. The number of amides is 1. The average molecular weight is 582 g/mol. The first-order chi connectivity index (χ1) is 20.9. The number of methoxy groups -OCH3 is 1. The number of carbonyl (C=O) groups is 1. The number of ether oxygens (including phenoxy) is 1. The van der Waals surface area contributed by atoms with Gasteiger partial charge >= 0.3 is 0 Å². The summed E-state index contributed by atoms with van der Waals surface area (Å²) in [7, 11) is 1.71. The van der Waals surface area contributed by atoms with Gasteiger partial charge in [-0.1, -0.05) is 55.5 Å². The van der Waals surface area contributed by atoms with E-state index in [1.165, 1.54) is 22.3 Å². The Balaban J connectivity index is 1.11. The van der Waals surface area contributed by atoms with E-state index in [-0.39, 0.29) is 17.4 Å². The number of hydrogen-bond donors (Lipinski definition) is 2. The lowest BCUT2D eigenvalue weighted by atomic mass is 9.57. The lowest BCUT2D eigenvalue weighted by molar-refractivity contribution is -0.123. The van der Waals surface area contributed by atoms with Gasteiger partial charge in [-0.15, -0.1) is 0 Å². The zero-order valence-corrected chi connectivity index (χ0v) is 25.8. The van der Waals surface area contributed by atoms with E-state index < -0.39 is 0 Å². The lowest BCUT2D eigenvalue weighted by Gasteiger charge is -2.56. The fourth-order valence-electron chi connectivity index (χ4n) is 8.11. The molecule has 1 amide bonds. The van der Waals surface area contributed by atoms with Crippen LogP contribution in [0.3, 0.4) is 0 Å². The first kappa shape index (κ1) is 29.7. The van der Waals surface area contributed by atoms with E-state index in [9.17, 15) is 9.90 Å². The Morgan fingerprint density at radius 2 is 1.88 bits per heavy atom. The monoisotopic (exact) mass is 581 g/mol. The lowest BCUT2D eigenvalue weighted by Crippen LogP contribution is -2.61. The minimum atomic E-state index is -0.0504. The largest absolute Gasteiger partial charge is 0.508 e. The number of aryl methyl sites for hydroxylation is 1. The molecule has 1 aliphatic carbocycles. The molecule has 3 aliphatic rings. The molecule has 2 bridgehead atoms. The molecule has 6 nitrogen and oxygen atoms in total. The Hall–Kier alpha value is -3.35. The van der Waals surface area contributed by atoms with Crippen molar-refractivity contribution in [3.8, 4) is 11.5 Å². The van der Waals surface area contributed by atoms with Crippen LogP contribution in [0.25, 0.3) is 0 Å². The quantitative estimate of drug-likeness (QED) is 0.321. The Morgan fingerprint density at radius 1 is 1.02 bits per heavy atom. The highest BCUT2D eigenvalue weighted by Crippen LogP contribution is 2.50. The van der Waals surface area contributed by atoms with Gasteiger partial charge in [-0.2, -0.15) is 0 Å². The molecule has 43 heavy (non-hydrogen) atoms. The molecular formula is C37H47N3O3. The summed E-state index contributed by atoms with van der Waals surface area (Å²) in [6.45, 7) is 7.10. The molecule has 3 aromatic rings. The van der Waals surface area contributed by atoms with Gasteiger partial charge < -0.3 is 15.2 Å². The normalized spacial score (nSPS) is 25.6. The van der Waals surface area contributed by atoms with Gasteiger partial charge in [-0.25, -0.2) is 0 Å². The number of nitrogens with zero attached hydrogens (tertiary/aromatic N) is 2. The van der Waals surface area contributed by atoms with Crippen molar-refractivity contribution in [3.63, 3.8) is 0 Å². The molecule has 228 valence electrons. The van der Waals surface area contributed by atoms with E-state index in [0.29, 0.717) is 24.1 Å². The Bertz CT molecular complexity index is 1390. The maximum atomic E-state index is 13.4. The maximum absolute atomic E-state index is 13.4. The van der Waals surface area contributed by atoms with Crippen LogP contribution >= 0.6 is 0 Å². The molecule has 3 aromatic carbocycles. The molecule has 0 unspecified atom stereocenters. The summed E-state index contributed by atoms with van der Waals surface area (Å²) >= 11 is 0. The standard InChI is InChI=1S/C37H47N3O3/c1-27-25-40(17-7-10-28-8-4-3-5-9-28)33-22-32(23-37(27,24-33)31-11-6-12-34(41)21-31)38-36(42)16-19-39-18-15-29-13-14-35(43-2)20-30(29)26-39/h3-6,8-9,11-14,20-21,27,32-33,41H,7,10,15-19,22-26H2,1-2H3,(H,38,42)/t27-,32+,33+,37+/m1/s1. The van der Waals surface area contributed by atoms with Crippen LogP contribution in [0.2, 0.25) is 0 Å². The van der Waals surface area contributed by atoms with E-state index in [0.717, 1.165) is 77.0 Å². The smallest absolute Gasteiger partial charge is 0.221 e. The highest BCUT2D eigenvalue weighted by Gasteiger charge is 2.51. The number of hydrogen-bond acceptors (Lipinski definition) is 5. The SMILES string of the molecule is COc1ccc2c(c1)CN(CCC(=O)N[C@H]1C[C@H]3C[C@@](c4cccc(O)c4)(C1)[C@H](C)CN3CCCc1ccccc1)CC2. The van der Waals surface area contributed by atoms with E-state index >= 15 is 0 Å². The van der Waals surface area contributed by atoms with Crippen molar-refractivity contribution in [1.29, 1.82) is 0 Å². The van der Waals surface area contributed by atoms with Crippen molar-refractivity contribution in [3.05, 3.63) is 95.1 Å². The third-order valence-corrected chi connectivity index (χ3v) is 10.4. The third kappa shape index (κ3) is 6.76. The zero-order valence-electron chi connectivity index (χ0n) is 25.8. The van der Waals surface area contributed by atoms with Gasteiger partial charge in [0.05, 0.1) is 7.11 Å². The van der Waals surface area contributed by atoms with Crippen molar-refractivity contribution < 1.29 is 14.6 Å². The van der Waals surface area contributed by atoms with E-state index in [4.69, 9.17) is 4.74 Å². The van der Waals surface area contributed by atoms with Gasteiger partial charge in [0.1, 0.15) is 11.5 Å². The molecular weight excluding hydrogens is 534 g/mol. The fourth-order valence-corrected chi connectivity index (χ4v) is 8.11. The second-order valence-corrected chi connectivity index (χ2v) is 13.2. The van der Waals surface area contributed by atoms with Crippen LogP contribution < -0.4 is 10.1 Å². The van der Waals surface area contributed by atoms with E-state index in [2.05, 4.69) is 70.6 Å². The number of aromatic hydroxyl groups is 1. The van der Waals surface area contributed by atoms with Crippen LogP contribution in [-0.2, 0) is 29.6 Å². The number of phenols is 1. The van der Waals surface area contributed by atoms with Gasteiger partial charge in [-0.05, 0) is 97.5 Å². The summed E-state index contributed by atoms with van der Waals surface area (Å²) in [5.74, 6) is 1.79. The molecule has 0 spiro atoms. The molecule has 0 radical (unpaired) electrons. The van der Waals surface area contributed by atoms with Crippen LogP contribution in [0.15, 0.2) is 72.8 Å². The molecule has 2 fully saturated rings. The molecule has 2 aliphatic heterocycles. The second-order valence-electron chi connectivity index (χ2n) is 13.2. The van der Waals surface area contributed by atoms with Crippen molar-refractivity contribution in [2.45, 2.75) is 75.9 Å². The minimum Gasteiger partial charge on any atom is -0.508 e. The predicted molar refractivity (Wildman–Crippen MR) is 171 cm³/mol. The number of carbonyl (C=O) groups excluding carboxylic acids is 1. The van der Waals surface area contributed by atoms with Crippen molar-refractivity contribution in [2.24, 2.45) is 5.92 Å². The second kappa shape index (κ2) is 13.1. The van der Waals surface area contributed by atoms with Gasteiger partial charge in [0, 0.05) is 50.1 Å². The van der Waals surface area contributed by atoms with Crippen LogP contribution in [0.1, 0.15) is 61.3 Å². The van der Waals surface area contributed by atoms with Gasteiger partial charge in [0.25, 0.3) is 0 Å². The first-order valence-corrected chi connectivity index (χ1v) is 16.2. The van der Waals surface area contributed by atoms with E-state index in [1.807, 2.05) is 18.2 Å². The Morgan fingerprint density at radius 3 is 2.70 bits per heavy atom. The molecule has 1 saturated heterocycles. The highest BCUT2D eigenvalue weighted by molar-refractivity contribution is 5.76. The molecule has 2 heterocycles. The molecule has 4 atom stereocenters.